The van der Waals surface area contributed by atoms with Gasteiger partial charge >= 0.3 is 6.18 Å². The highest BCUT2D eigenvalue weighted by molar-refractivity contribution is 7.99. The Balaban J connectivity index is 1.66. The Labute approximate surface area is 212 Å². The van der Waals surface area contributed by atoms with Crippen molar-refractivity contribution in [2.75, 3.05) is 11.1 Å². The number of ether oxygens (including phenoxy) is 1. The lowest BCUT2D eigenvalue weighted by molar-refractivity contribution is -0.137. The van der Waals surface area contributed by atoms with Crippen LogP contribution in [0.4, 0.5) is 18.9 Å². The number of hydrogen-bond donors (Lipinski definition) is 1. The lowest BCUT2D eigenvalue weighted by Gasteiger charge is -2.12. The second-order valence-electron chi connectivity index (χ2n) is 6.69. The molecule has 0 unspecified atom stereocenters. The smallest absolute Gasteiger partial charge is 0.416 e. The van der Waals surface area contributed by atoms with Crippen LogP contribution in [0.5, 0.6) is 5.75 Å². The first-order valence-corrected chi connectivity index (χ1v) is 11.6. The van der Waals surface area contributed by atoms with Crippen LogP contribution < -0.4 is 10.1 Å². The molecule has 0 aliphatic rings. The Morgan fingerprint density at radius 1 is 1.15 bits per heavy atom. The van der Waals surface area contributed by atoms with Gasteiger partial charge in [-0.05, 0) is 36.4 Å². The molecule has 1 aromatic heterocycles. The standard InChI is InChI=1S/C21H16Cl3F3N4O2S/c1-2-7-31-18(10-33-17-6-4-13(22)9-15(17)24)29-30-20(31)34-11-19(32)28-16-8-12(21(25,26)27)3-5-14(16)23/h2-6,8-9H,1,7,10-11H2,(H,28,32). The van der Waals surface area contributed by atoms with Crippen LogP contribution in [0, 0.1) is 0 Å². The fourth-order valence-electron chi connectivity index (χ4n) is 2.69. The Bertz CT molecular complexity index is 1200. The van der Waals surface area contributed by atoms with Gasteiger partial charge in [-0.3, -0.25) is 9.36 Å². The average molecular weight is 552 g/mol. The number of nitrogens with zero attached hydrogens (tertiary/aromatic N) is 3. The molecular formula is C21H16Cl3F3N4O2S. The summed E-state index contributed by atoms with van der Waals surface area (Å²) in [7, 11) is 0. The molecule has 13 heteroatoms. The molecule has 0 radical (unpaired) electrons. The molecule has 6 nitrogen and oxygen atoms in total. The van der Waals surface area contributed by atoms with E-state index in [1.807, 2.05) is 0 Å². The monoisotopic (exact) mass is 550 g/mol. The van der Waals surface area contributed by atoms with Gasteiger partial charge in [-0.15, -0.1) is 16.8 Å². The molecule has 1 amide bonds. The van der Waals surface area contributed by atoms with Crippen molar-refractivity contribution in [1.82, 2.24) is 14.8 Å². The molecule has 0 aliphatic heterocycles. The summed E-state index contributed by atoms with van der Waals surface area (Å²) < 4.78 is 46.2. The van der Waals surface area contributed by atoms with Gasteiger partial charge in [0.15, 0.2) is 11.0 Å². The van der Waals surface area contributed by atoms with Crippen LogP contribution in [-0.2, 0) is 24.1 Å². The van der Waals surface area contributed by atoms with Crippen LogP contribution in [-0.4, -0.2) is 26.4 Å². The van der Waals surface area contributed by atoms with E-state index >= 15 is 0 Å². The normalized spacial score (nSPS) is 11.4. The summed E-state index contributed by atoms with van der Waals surface area (Å²) >= 11 is 19.0. The topological polar surface area (TPSA) is 69.0 Å². The molecule has 0 atom stereocenters. The van der Waals surface area contributed by atoms with E-state index in [1.165, 1.54) is 0 Å². The predicted octanol–water partition coefficient (Wildman–Crippen LogP) is 6.75. The largest absolute Gasteiger partial charge is 0.484 e. The van der Waals surface area contributed by atoms with Crippen molar-refractivity contribution in [3.63, 3.8) is 0 Å². The number of aromatic nitrogens is 3. The summed E-state index contributed by atoms with van der Waals surface area (Å²) in [5, 5.41) is 11.7. The molecule has 1 heterocycles. The number of alkyl halides is 3. The van der Waals surface area contributed by atoms with Gasteiger partial charge in [0.2, 0.25) is 5.91 Å². The molecule has 0 spiro atoms. The zero-order chi connectivity index (χ0) is 24.9. The summed E-state index contributed by atoms with van der Waals surface area (Å²) in [6, 6.07) is 7.50. The highest BCUT2D eigenvalue weighted by Gasteiger charge is 2.31. The third-order valence-electron chi connectivity index (χ3n) is 4.26. The molecule has 3 aromatic rings. The summed E-state index contributed by atoms with van der Waals surface area (Å²) in [5.74, 6) is 0.150. The number of rotatable bonds is 9. The number of carbonyl (C=O) groups excluding carboxylic acids is 1. The molecule has 34 heavy (non-hydrogen) atoms. The molecule has 2 aromatic carbocycles. The highest BCUT2D eigenvalue weighted by atomic mass is 35.5. The van der Waals surface area contributed by atoms with Crippen molar-refractivity contribution >= 4 is 58.2 Å². The van der Waals surface area contributed by atoms with Gasteiger partial charge in [0.25, 0.3) is 0 Å². The van der Waals surface area contributed by atoms with Gasteiger partial charge < -0.3 is 10.1 Å². The quantitative estimate of drug-likeness (QED) is 0.235. The van der Waals surface area contributed by atoms with Crippen molar-refractivity contribution < 1.29 is 22.7 Å². The maximum atomic E-state index is 12.9. The van der Waals surface area contributed by atoms with Crippen LogP contribution in [0.3, 0.4) is 0 Å². The maximum Gasteiger partial charge on any atom is 0.416 e. The van der Waals surface area contributed by atoms with Crippen molar-refractivity contribution in [2.45, 2.75) is 24.5 Å². The van der Waals surface area contributed by atoms with Crippen LogP contribution in [0.25, 0.3) is 0 Å². The number of carbonyl (C=O) groups is 1. The summed E-state index contributed by atoms with van der Waals surface area (Å²) in [4.78, 5) is 12.4. The molecule has 0 aliphatic carbocycles. The SMILES string of the molecule is C=CCn1c(COc2ccc(Cl)cc2Cl)nnc1SCC(=O)Nc1cc(C(F)(F)F)ccc1Cl. The third-order valence-corrected chi connectivity index (χ3v) is 6.08. The Hall–Kier alpha value is -2.40. The van der Waals surface area contributed by atoms with Crippen molar-refractivity contribution in [2.24, 2.45) is 0 Å². The number of hydrogen-bond acceptors (Lipinski definition) is 5. The molecule has 0 saturated heterocycles. The number of halogens is 6. The lowest BCUT2D eigenvalue weighted by Crippen LogP contribution is -2.16. The van der Waals surface area contributed by atoms with E-state index in [0.717, 1.165) is 30.0 Å². The number of thioether (sulfide) groups is 1. The van der Waals surface area contributed by atoms with Gasteiger partial charge in [-0.2, -0.15) is 13.2 Å². The van der Waals surface area contributed by atoms with Crippen molar-refractivity contribution in [3.8, 4) is 5.75 Å². The van der Waals surface area contributed by atoms with Crippen LogP contribution in [0.15, 0.2) is 54.2 Å². The Kier molecular flexibility index (Phi) is 8.75. The molecular weight excluding hydrogens is 536 g/mol. The van der Waals surface area contributed by atoms with Gasteiger partial charge in [0.1, 0.15) is 12.4 Å². The fourth-order valence-corrected chi connectivity index (χ4v) is 4.09. The molecule has 0 saturated carbocycles. The number of allylic oxidation sites excluding steroid dienone is 1. The first-order valence-electron chi connectivity index (χ1n) is 9.48. The summed E-state index contributed by atoms with van der Waals surface area (Å²) in [6.45, 7) is 4.07. The molecule has 0 bridgehead atoms. The van der Waals surface area contributed by atoms with Gasteiger partial charge in [-0.25, -0.2) is 0 Å². The summed E-state index contributed by atoms with van der Waals surface area (Å²) in [5.41, 5.74) is -1.06. The number of nitrogens with one attached hydrogen (secondary N) is 1. The zero-order valence-electron chi connectivity index (χ0n) is 17.2. The summed E-state index contributed by atoms with van der Waals surface area (Å²) in [6.07, 6.45) is -2.94. The molecule has 180 valence electrons. The Morgan fingerprint density at radius 3 is 2.59 bits per heavy atom. The van der Waals surface area contributed by atoms with Gasteiger partial charge in [0.05, 0.1) is 27.0 Å². The van der Waals surface area contributed by atoms with Crippen molar-refractivity contribution in [1.29, 1.82) is 0 Å². The molecule has 1 N–H and O–H groups in total. The van der Waals surface area contributed by atoms with E-state index in [-0.39, 0.29) is 23.1 Å². The predicted molar refractivity (Wildman–Crippen MR) is 127 cm³/mol. The first kappa shape index (κ1) is 26.2. The van der Waals surface area contributed by atoms with E-state index < -0.39 is 17.6 Å². The molecule has 0 fully saturated rings. The van der Waals surface area contributed by atoms with Crippen LogP contribution in [0.2, 0.25) is 15.1 Å². The number of anilines is 1. The van der Waals surface area contributed by atoms with Gasteiger partial charge in [-0.1, -0.05) is 52.6 Å². The van der Waals surface area contributed by atoms with E-state index in [9.17, 15) is 18.0 Å². The third kappa shape index (κ3) is 6.82. The number of benzene rings is 2. The first-order chi connectivity index (χ1) is 16.1. The second kappa shape index (κ2) is 11.4. The molecule has 3 rings (SSSR count). The Morgan fingerprint density at radius 2 is 1.91 bits per heavy atom. The van der Waals surface area contributed by atoms with Crippen LogP contribution in [0.1, 0.15) is 11.4 Å². The van der Waals surface area contributed by atoms with Crippen LogP contribution >= 0.6 is 46.6 Å². The fraction of sp³-hybridized carbons (Fsp3) is 0.190. The average Bonchev–Trinajstić information content (AvgIpc) is 3.14. The van der Waals surface area contributed by atoms with Gasteiger partial charge in [0, 0.05) is 11.6 Å². The van der Waals surface area contributed by atoms with E-state index in [4.69, 9.17) is 39.5 Å². The van der Waals surface area contributed by atoms with E-state index in [1.54, 1.807) is 28.8 Å². The minimum absolute atomic E-state index is 0.0125. The zero-order valence-corrected chi connectivity index (χ0v) is 20.3. The maximum absolute atomic E-state index is 12.9. The minimum atomic E-state index is -4.56. The van der Waals surface area contributed by atoms with Crippen molar-refractivity contribution in [3.05, 3.63) is 75.5 Å². The number of amides is 1. The second-order valence-corrected chi connectivity index (χ2v) is 8.88. The van der Waals surface area contributed by atoms with E-state index in [2.05, 4.69) is 22.1 Å². The van der Waals surface area contributed by atoms with E-state index in [0.29, 0.717) is 33.3 Å². The minimum Gasteiger partial charge on any atom is -0.484 e. The lowest BCUT2D eigenvalue weighted by atomic mass is 10.2. The highest BCUT2D eigenvalue weighted by Crippen LogP contribution is 2.34.